The molecule has 2 aliphatic heterocycles. The van der Waals surface area contributed by atoms with Crippen LogP contribution >= 0.6 is 11.3 Å². The second-order valence-corrected chi connectivity index (χ2v) is 9.28. The van der Waals surface area contributed by atoms with Crippen molar-refractivity contribution < 1.29 is 9.59 Å². The van der Waals surface area contributed by atoms with E-state index >= 15 is 0 Å². The number of thiophene rings is 1. The molecule has 8 heteroatoms. The monoisotopic (exact) mass is 415 g/mol. The second-order valence-electron chi connectivity index (χ2n) is 8.50. The summed E-state index contributed by atoms with van der Waals surface area (Å²) in [5.74, 6) is 3.06. The van der Waals surface area contributed by atoms with E-state index in [4.69, 9.17) is 0 Å². The van der Waals surface area contributed by atoms with Gasteiger partial charge in [0.1, 0.15) is 5.82 Å². The van der Waals surface area contributed by atoms with Crippen molar-refractivity contribution in [1.82, 2.24) is 24.6 Å². The maximum absolute atomic E-state index is 12.6. The largest absolute Gasteiger partial charge is 0.343 e. The van der Waals surface area contributed by atoms with E-state index in [1.54, 1.807) is 11.3 Å². The summed E-state index contributed by atoms with van der Waals surface area (Å²) in [4.78, 5) is 28.8. The van der Waals surface area contributed by atoms with Gasteiger partial charge >= 0.3 is 0 Å². The molecule has 0 atom stereocenters. The number of carbonyl (C=O) groups excluding carboxylic acids is 2. The molecule has 2 aliphatic rings. The van der Waals surface area contributed by atoms with Crippen LogP contribution < -0.4 is 0 Å². The molecule has 29 heavy (non-hydrogen) atoms. The summed E-state index contributed by atoms with van der Waals surface area (Å²) in [7, 11) is 0. The molecule has 2 amide bonds. The summed E-state index contributed by atoms with van der Waals surface area (Å²) in [6.07, 6.45) is 2.94. The maximum atomic E-state index is 12.6. The van der Waals surface area contributed by atoms with Crippen LogP contribution in [0.15, 0.2) is 16.8 Å². The zero-order chi connectivity index (χ0) is 20.4. The molecular formula is C21H29N5O2S. The summed E-state index contributed by atoms with van der Waals surface area (Å²) < 4.78 is 2.20. The smallest absolute Gasteiger partial charge is 0.227 e. The minimum atomic E-state index is 0.149. The van der Waals surface area contributed by atoms with Crippen LogP contribution in [0.1, 0.15) is 56.2 Å². The second kappa shape index (κ2) is 8.65. The minimum absolute atomic E-state index is 0.149. The van der Waals surface area contributed by atoms with Gasteiger partial charge in [-0.05, 0) is 41.1 Å². The van der Waals surface area contributed by atoms with Crippen molar-refractivity contribution in [2.45, 2.75) is 58.5 Å². The van der Waals surface area contributed by atoms with Gasteiger partial charge in [0.15, 0.2) is 5.82 Å². The summed E-state index contributed by atoms with van der Waals surface area (Å²) in [5.41, 5.74) is 1.08. The molecule has 2 aromatic rings. The first kappa shape index (κ1) is 20.1. The maximum Gasteiger partial charge on any atom is 0.227 e. The van der Waals surface area contributed by atoms with Gasteiger partial charge in [-0.3, -0.25) is 9.59 Å². The molecule has 0 N–H and O–H groups in total. The Labute approximate surface area is 175 Å². The molecule has 4 rings (SSSR count). The SMILES string of the molecule is CC(C)CC(=O)N1CCC(c2nnc3n2CCN(C(=O)Cc2ccsc2)C3)CC1. The molecule has 0 aromatic carbocycles. The predicted molar refractivity (Wildman–Crippen MR) is 111 cm³/mol. The van der Waals surface area contributed by atoms with E-state index < -0.39 is 0 Å². The van der Waals surface area contributed by atoms with Gasteiger partial charge in [-0.2, -0.15) is 11.3 Å². The van der Waals surface area contributed by atoms with E-state index in [0.717, 1.165) is 49.7 Å². The highest BCUT2D eigenvalue weighted by molar-refractivity contribution is 7.08. The van der Waals surface area contributed by atoms with Crippen LogP contribution in [0.25, 0.3) is 0 Å². The third-order valence-corrected chi connectivity index (χ3v) is 6.60. The fourth-order valence-corrected chi connectivity index (χ4v) is 4.91. The van der Waals surface area contributed by atoms with Gasteiger partial charge in [0, 0.05) is 38.5 Å². The molecule has 0 unspecified atom stereocenters. The molecular weight excluding hydrogens is 386 g/mol. The van der Waals surface area contributed by atoms with Crippen molar-refractivity contribution >= 4 is 23.2 Å². The number of aromatic nitrogens is 3. The van der Waals surface area contributed by atoms with Crippen LogP contribution in [-0.2, 0) is 29.1 Å². The number of piperidine rings is 1. The molecule has 0 bridgehead atoms. The normalized spacial score (nSPS) is 17.6. The third kappa shape index (κ3) is 4.52. The fourth-order valence-electron chi connectivity index (χ4n) is 4.24. The number of carbonyl (C=O) groups is 2. The van der Waals surface area contributed by atoms with Crippen molar-refractivity contribution in [1.29, 1.82) is 0 Å². The van der Waals surface area contributed by atoms with E-state index in [-0.39, 0.29) is 11.8 Å². The lowest BCUT2D eigenvalue weighted by molar-refractivity contribution is -0.133. The Morgan fingerprint density at radius 3 is 2.59 bits per heavy atom. The Hall–Kier alpha value is -2.22. The Morgan fingerprint density at radius 2 is 1.90 bits per heavy atom. The van der Waals surface area contributed by atoms with Gasteiger partial charge in [-0.1, -0.05) is 13.8 Å². The molecule has 0 radical (unpaired) electrons. The molecule has 4 heterocycles. The Morgan fingerprint density at radius 1 is 1.10 bits per heavy atom. The zero-order valence-electron chi connectivity index (χ0n) is 17.2. The Kier molecular flexibility index (Phi) is 5.99. The van der Waals surface area contributed by atoms with E-state index in [2.05, 4.69) is 28.6 Å². The van der Waals surface area contributed by atoms with Crippen LogP contribution in [0, 0.1) is 5.92 Å². The molecule has 0 aliphatic carbocycles. The molecule has 0 spiro atoms. The lowest BCUT2D eigenvalue weighted by Crippen LogP contribution is -2.41. The first-order valence-electron chi connectivity index (χ1n) is 10.5. The van der Waals surface area contributed by atoms with Gasteiger partial charge in [-0.15, -0.1) is 10.2 Å². The highest BCUT2D eigenvalue weighted by atomic mass is 32.1. The summed E-state index contributed by atoms with van der Waals surface area (Å²) >= 11 is 1.62. The van der Waals surface area contributed by atoms with E-state index in [0.29, 0.717) is 37.8 Å². The standard InChI is InChI=1S/C21H29N5O2S/c1-15(2)11-19(27)24-6-3-17(4-7-24)21-23-22-18-13-25(8-9-26(18)21)20(28)12-16-5-10-29-14-16/h5,10,14-15,17H,3-4,6-9,11-13H2,1-2H3. The van der Waals surface area contributed by atoms with E-state index in [9.17, 15) is 9.59 Å². The molecule has 0 saturated carbocycles. The summed E-state index contributed by atoms with van der Waals surface area (Å²) in [6, 6.07) is 2.01. The van der Waals surface area contributed by atoms with Crippen molar-refractivity contribution in [3.8, 4) is 0 Å². The van der Waals surface area contributed by atoms with Gasteiger partial charge in [0.2, 0.25) is 11.8 Å². The molecule has 156 valence electrons. The number of likely N-dealkylation sites (tertiary alicyclic amines) is 1. The van der Waals surface area contributed by atoms with Gasteiger partial charge in [0.25, 0.3) is 0 Å². The van der Waals surface area contributed by atoms with Gasteiger partial charge < -0.3 is 14.4 Å². The number of hydrogen-bond acceptors (Lipinski definition) is 5. The first-order chi connectivity index (χ1) is 14.0. The number of nitrogens with zero attached hydrogens (tertiary/aromatic N) is 5. The van der Waals surface area contributed by atoms with Gasteiger partial charge in [-0.25, -0.2) is 0 Å². The van der Waals surface area contributed by atoms with Crippen LogP contribution in [0.3, 0.4) is 0 Å². The highest BCUT2D eigenvalue weighted by Gasteiger charge is 2.31. The molecule has 1 saturated heterocycles. The topological polar surface area (TPSA) is 71.3 Å². The van der Waals surface area contributed by atoms with Gasteiger partial charge in [0.05, 0.1) is 13.0 Å². The fraction of sp³-hybridized carbons (Fsp3) is 0.619. The zero-order valence-corrected chi connectivity index (χ0v) is 18.0. The van der Waals surface area contributed by atoms with Crippen LogP contribution in [0.5, 0.6) is 0 Å². The number of fused-ring (bicyclic) bond motifs is 1. The van der Waals surface area contributed by atoms with Crippen molar-refractivity contribution in [2.24, 2.45) is 5.92 Å². The van der Waals surface area contributed by atoms with E-state index in [1.807, 2.05) is 26.6 Å². The quantitative estimate of drug-likeness (QED) is 0.753. The van der Waals surface area contributed by atoms with Crippen molar-refractivity contribution in [3.63, 3.8) is 0 Å². The lowest BCUT2D eigenvalue weighted by Gasteiger charge is -2.33. The lowest BCUT2D eigenvalue weighted by atomic mass is 9.95. The summed E-state index contributed by atoms with van der Waals surface area (Å²) in [6.45, 7) is 7.74. The van der Waals surface area contributed by atoms with Crippen LogP contribution in [-0.4, -0.2) is 56.0 Å². The summed E-state index contributed by atoms with van der Waals surface area (Å²) in [5, 5.41) is 12.9. The van der Waals surface area contributed by atoms with Crippen molar-refractivity contribution in [2.75, 3.05) is 19.6 Å². The number of rotatable bonds is 5. The molecule has 2 aromatic heterocycles. The third-order valence-electron chi connectivity index (χ3n) is 5.87. The van der Waals surface area contributed by atoms with Crippen LogP contribution in [0.2, 0.25) is 0 Å². The number of hydrogen-bond donors (Lipinski definition) is 0. The Balaban J connectivity index is 1.35. The molecule has 1 fully saturated rings. The van der Waals surface area contributed by atoms with E-state index in [1.165, 1.54) is 0 Å². The Bertz CT molecular complexity index is 853. The van der Waals surface area contributed by atoms with Crippen LogP contribution in [0.4, 0.5) is 0 Å². The van der Waals surface area contributed by atoms with Crippen molar-refractivity contribution in [3.05, 3.63) is 34.0 Å². The minimum Gasteiger partial charge on any atom is -0.343 e. The predicted octanol–water partition coefficient (Wildman–Crippen LogP) is 2.68. The highest BCUT2D eigenvalue weighted by Crippen LogP contribution is 2.29. The molecule has 7 nitrogen and oxygen atoms in total. The average Bonchev–Trinajstić information content (AvgIpc) is 3.36. The number of amides is 2. The average molecular weight is 416 g/mol. The first-order valence-corrected chi connectivity index (χ1v) is 11.4.